The zero-order chi connectivity index (χ0) is 10.6. The van der Waals surface area contributed by atoms with E-state index in [1.807, 2.05) is 22.6 Å². The predicted molar refractivity (Wildman–Crippen MR) is 57.5 cm³/mol. The van der Waals surface area contributed by atoms with E-state index in [0.29, 0.717) is 0 Å². The van der Waals surface area contributed by atoms with Gasteiger partial charge in [-0.2, -0.15) is 0 Å². The second-order valence-corrected chi connectivity index (χ2v) is 5.16. The minimum Gasteiger partial charge on any atom is -0.280 e. The van der Waals surface area contributed by atoms with E-state index in [0.717, 1.165) is 4.88 Å². The zero-order valence-corrected chi connectivity index (χ0v) is 8.92. The number of nitrogens with two attached hydrogens (primary N) is 2. The van der Waals surface area contributed by atoms with Gasteiger partial charge in [0.15, 0.2) is 0 Å². The Kier molecular flexibility index (Phi) is 3.60. The molecule has 0 aliphatic heterocycles. The Labute approximate surface area is 85.3 Å². The van der Waals surface area contributed by atoms with Crippen molar-refractivity contribution in [1.82, 2.24) is 5.09 Å². The Morgan fingerprint density at radius 2 is 2.29 bits per heavy atom. The van der Waals surface area contributed by atoms with Gasteiger partial charge in [-0.25, -0.2) is 0 Å². The van der Waals surface area contributed by atoms with Crippen molar-refractivity contribution in [3.8, 4) is 0 Å². The molecule has 0 fully saturated rings. The number of rotatable bonds is 3. The number of thiophene rings is 1. The maximum absolute atomic E-state index is 11.0. The van der Waals surface area contributed by atoms with Gasteiger partial charge in [0, 0.05) is 11.0 Å². The quantitative estimate of drug-likeness (QED) is 0.531. The fourth-order valence-electron chi connectivity index (χ4n) is 0.753. The second kappa shape index (κ2) is 4.52. The van der Waals surface area contributed by atoms with Crippen molar-refractivity contribution in [2.24, 2.45) is 11.0 Å². The molecular formula is C7H10N3O2PS. The van der Waals surface area contributed by atoms with Crippen LogP contribution in [0.25, 0.3) is 6.08 Å². The predicted octanol–water partition coefficient (Wildman–Crippen LogP) is 0.903. The van der Waals surface area contributed by atoms with Gasteiger partial charge in [-0.1, -0.05) is 6.07 Å². The average molecular weight is 231 g/mol. The maximum Gasteiger partial charge on any atom is 0.300 e. The number of amides is 1. The summed E-state index contributed by atoms with van der Waals surface area (Å²) in [5, 5.41) is 3.85. The molecular weight excluding hydrogens is 221 g/mol. The van der Waals surface area contributed by atoms with Crippen molar-refractivity contribution in [2.75, 3.05) is 0 Å². The Balaban J connectivity index is 2.54. The van der Waals surface area contributed by atoms with Crippen molar-refractivity contribution >= 4 is 30.9 Å². The first kappa shape index (κ1) is 11.1. The molecule has 0 spiro atoms. The van der Waals surface area contributed by atoms with Crippen LogP contribution in [0.4, 0.5) is 0 Å². The molecule has 0 saturated heterocycles. The first-order valence-corrected chi connectivity index (χ1v) is 6.41. The molecule has 5 nitrogen and oxygen atoms in total. The highest BCUT2D eigenvalue weighted by Gasteiger charge is 2.09. The van der Waals surface area contributed by atoms with Crippen molar-refractivity contribution in [3.63, 3.8) is 0 Å². The summed E-state index contributed by atoms with van der Waals surface area (Å²) in [6, 6.07) is 3.71. The van der Waals surface area contributed by atoms with Gasteiger partial charge in [-0.3, -0.25) is 25.5 Å². The van der Waals surface area contributed by atoms with Crippen LogP contribution in [0.5, 0.6) is 0 Å². The maximum atomic E-state index is 11.0. The monoisotopic (exact) mass is 231 g/mol. The van der Waals surface area contributed by atoms with Crippen LogP contribution >= 0.6 is 18.9 Å². The van der Waals surface area contributed by atoms with E-state index in [1.54, 1.807) is 6.08 Å². The lowest BCUT2D eigenvalue weighted by Crippen LogP contribution is -2.26. The molecule has 1 aromatic rings. The van der Waals surface area contributed by atoms with E-state index in [4.69, 9.17) is 11.0 Å². The Bertz CT molecular complexity index is 382. The minimum absolute atomic E-state index is 0.563. The summed E-state index contributed by atoms with van der Waals surface area (Å²) >= 11 is 1.48. The molecule has 0 atom stereocenters. The summed E-state index contributed by atoms with van der Waals surface area (Å²) in [5.41, 5.74) is 9.91. The molecule has 5 N–H and O–H groups in total. The van der Waals surface area contributed by atoms with E-state index in [-0.39, 0.29) is 0 Å². The highest BCUT2D eigenvalue weighted by atomic mass is 32.1. The van der Waals surface area contributed by atoms with Gasteiger partial charge in [0.25, 0.3) is 5.91 Å². The molecule has 0 saturated carbocycles. The molecule has 0 unspecified atom stereocenters. The van der Waals surface area contributed by atoms with E-state index in [9.17, 15) is 9.36 Å². The normalized spacial score (nSPS) is 11.9. The molecule has 1 aromatic heterocycles. The van der Waals surface area contributed by atoms with Crippen LogP contribution in [-0.2, 0) is 9.36 Å². The van der Waals surface area contributed by atoms with Gasteiger partial charge in [0.1, 0.15) is 0 Å². The number of carbonyl (C=O) groups is 1. The molecule has 0 aliphatic carbocycles. The molecule has 7 heteroatoms. The fraction of sp³-hybridized carbons (Fsp3) is 0. The second-order valence-electron chi connectivity index (χ2n) is 2.53. The number of carbonyl (C=O) groups excluding carboxylic acids is 1. The molecule has 14 heavy (non-hydrogen) atoms. The van der Waals surface area contributed by atoms with E-state index in [2.05, 4.69) is 0 Å². The Hall–Kier alpha value is -0.940. The van der Waals surface area contributed by atoms with Gasteiger partial charge in [-0.05, 0) is 17.5 Å². The van der Waals surface area contributed by atoms with Crippen molar-refractivity contribution < 1.29 is 9.36 Å². The summed E-state index contributed by atoms with van der Waals surface area (Å²) in [6.45, 7) is 0. The molecule has 76 valence electrons. The molecule has 0 aromatic carbocycles. The van der Waals surface area contributed by atoms with Crippen LogP contribution < -0.4 is 16.1 Å². The van der Waals surface area contributed by atoms with E-state index in [1.165, 1.54) is 17.4 Å². The first-order chi connectivity index (χ1) is 6.47. The van der Waals surface area contributed by atoms with Gasteiger partial charge in [0.05, 0.1) is 0 Å². The molecule has 1 rings (SSSR count). The standard InChI is InChI=1S/C7H10N3O2PS/c8-13(9,12)10-7(11)4-3-6-2-1-5-14-6/h1-5H,(H5,8,9,10,11,12). The lowest BCUT2D eigenvalue weighted by molar-refractivity contribution is -0.114. The third-order valence-corrected chi connectivity index (χ3v) is 2.63. The van der Waals surface area contributed by atoms with Crippen LogP contribution in [0.1, 0.15) is 4.88 Å². The minimum atomic E-state index is -3.48. The Morgan fingerprint density at radius 3 is 2.79 bits per heavy atom. The summed E-state index contributed by atoms with van der Waals surface area (Å²) in [5.74, 6) is -0.563. The topological polar surface area (TPSA) is 98.2 Å². The van der Waals surface area contributed by atoms with Crippen molar-refractivity contribution in [3.05, 3.63) is 28.5 Å². The van der Waals surface area contributed by atoms with E-state index < -0.39 is 13.5 Å². The number of hydrogen-bond acceptors (Lipinski definition) is 3. The van der Waals surface area contributed by atoms with Crippen LogP contribution in [0.15, 0.2) is 23.6 Å². The molecule has 1 amide bonds. The molecule has 1 heterocycles. The van der Waals surface area contributed by atoms with Crippen molar-refractivity contribution in [2.45, 2.75) is 0 Å². The smallest absolute Gasteiger partial charge is 0.280 e. The van der Waals surface area contributed by atoms with Gasteiger partial charge < -0.3 is 0 Å². The lowest BCUT2D eigenvalue weighted by Gasteiger charge is -2.04. The van der Waals surface area contributed by atoms with Crippen LogP contribution in [0, 0.1) is 0 Å². The first-order valence-electron chi connectivity index (χ1n) is 3.68. The highest BCUT2D eigenvalue weighted by Crippen LogP contribution is 2.17. The molecule has 0 radical (unpaired) electrons. The number of hydrogen-bond donors (Lipinski definition) is 3. The lowest BCUT2D eigenvalue weighted by atomic mass is 10.4. The van der Waals surface area contributed by atoms with Crippen LogP contribution in [-0.4, -0.2) is 5.91 Å². The summed E-state index contributed by atoms with van der Waals surface area (Å²) in [7, 11) is -3.48. The zero-order valence-electron chi connectivity index (χ0n) is 7.21. The van der Waals surface area contributed by atoms with Gasteiger partial charge in [-0.15, -0.1) is 11.3 Å². The average Bonchev–Trinajstić information content (AvgIpc) is 2.49. The summed E-state index contributed by atoms with van der Waals surface area (Å²) in [4.78, 5) is 11.9. The summed E-state index contributed by atoms with van der Waals surface area (Å²) in [6.07, 6.45) is 2.83. The van der Waals surface area contributed by atoms with Crippen LogP contribution in [0.2, 0.25) is 0 Å². The number of nitrogens with one attached hydrogen (secondary N) is 1. The van der Waals surface area contributed by atoms with E-state index >= 15 is 0 Å². The molecule has 0 aliphatic rings. The largest absolute Gasteiger partial charge is 0.300 e. The van der Waals surface area contributed by atoms with Gasteiger partial charge in [0.2, 0.25) is 0 Å². The third-order valence-electron chi connectivity index (χ3n) is 1.23. The highest BCUT2D eigenvalue weighted by molar-refractivity contribution is 7.57. The SMILES string of the molecule is NP(N)(=O)NC(=O)C=Cc1cccs1. The van der Waals surface area contributed by atoms with Crippen LogP contribution in [0.3, 0.4) is 0 Å². The fourth-order valence-corrected chi connectivity index (χ4v) is 1.79. The Morgan fingerprint density at radius 1 is 1.57 bits per heavy atom. The summed E-state index contributed by atoms with van der Waals surface area (Å²) < 4.78 is 10.8. The molecule has 0 bridgehead atoms. The van der Waals surface area contributed by atoms with Crippen molar-refractivity contribution in [1.29, 1.82) is 0 Å². The third kappa shape index (κ3) is 4.34. The van der Waals surface area contributed by atoms with Gasteiger partial charge >= 0.3 is 7.59 Å².